The molecule has 6 nitrogen and oxygen atoms in total. The largest absolute Gasteiger partial charge is 0.382 e. The third kappa shape index (κ3) is 2.60. The maximum Gasteiger partial charge on any atom is 0.182 e. The molecule has 0 aromatic carbocycles. The van der Waals surface area contributed by atoms with Gasteiger partial charge in [-0.1, -0.05) is 0 Å². The minimum absolute atomic E-state index is 0.103. The quantitative estimate of drug-likeness (QED) is 0.884. The van der Waals surface area contributed by atoms with E-state index in [0.717, 1.165) is 37.5 Å². The van der Waals surface area contributed by atoms with E-state index in [9.17, 15) is 8.42 Å². The molecule has 0 aliphatic carbocycles. The third-order valence-electron chi connectivity index (χ3n) is 3.09. The normalized spacial score (nSPS) is 18.2. The number of hydrogen-bond donors (Lipinski definition) is 1. The molecular formula is C10H17N3O3S2. The standard InChI is InChI=1S/C10H17N3O3S2/c1-16-7-3-5-13(6-4-7)10-8(18(2,14)15)9(11)12-17-10/h7H,3-6H2,1-2H3,(H2,11,12). The number of ether oxygens (including phenoxy) is 1. The van der Waals surface area contributed by atoms with Crippen molar-refractivity contribution in [2.24, 2.45) is 0 Å². The molecule has 102 valence electrons. The fourth-order valence-electron chi connectivity index (χ4n) is 2.13. The van der Waals surface area contributed by atoms with Crippen LogP contribution in [0.2, 0.25) is 0 Å². The molecule has 1 aliphatic heterocycles. The molecule has 0 saturated carbocycles. The molecule has 0 radical (unpaired) electrons. The lowest BCUT2D eigenvalue weighted by atomic mass is 10.1. The highest BCUT2D eigenvalue weighted by atomic mass is 32.2. The van der Waals surface area contributed by atoms with E-state index in [-0.39, 0.29) is 16.8 Å². The molecule has 0 bridgehead atoms. The molecule has 0 unspecified atom stereocenters. The smallest absolute Gasteiger partial charge is 0.182 e. The third-order valence-corrected chi connectivity index (χ3v) is 5.29. The van der Waals surface area contributed by atoms with Crippen molar-refractivity contribution in [3.63, 3.8) is 0 Å². The lowest BCUT2D eigenvalue weighted by molar-refractivity contribution is 0.0819. The number of rotatable bonds is 3. The Morgan fingerprint density at radius 1 is 1.44 bits per heavy atom. The van der Waals surface area contributed by atoms with Gasteiger partial charge in [-0.05, 0) is 24.4 Å². The summed E-state index contributed by atoms with van der Waals surface area (Å²) in [5.41, 5.74) is 5.66. The van der Waals surface area contributed by atoms with Gasteiger partial charge in [-0.25, -0.2) is 8.42 Å². The molecule has 1 saturated heterocycles. The van der Waals surface area contributed by atoms with Crippen LogP contribution in [-0.4, -0.2) is 45.4 Å². The second kappa shape index (κ2) is 5.02. The zero-order valence-electron chi connectivity index (χ0n) is 10.4. The van der Waals surface area contributed by atoms with Crippen molar-refractivity contribution in [2.45, 2.75) is 23.8 Å². The predicted octanol–water partition coefficient (Wildman–Crippen LogP) is 0.744. The fourth-order valence-corrected chi connectivity index (χ4v) is 4.39. The molecule has 1 fully saturated rings. The highest BCUT2D eigenvalue weighted by molar-refractivity contribution is 7.91. The van der Waals surface area contributed by atoms with E-state index in [1.807, 2.05) is 4.90 Å². The van der Waals surface area contributed by atoms with Crippen molar-refractivity contribution in [3.8, 4) is 0 Å². The first-order chi connectivity index (χ1) is 8.43. The molecule has 0 amide bonds. The molecule has 18 heavy (non-hydrogen) atoms. The van der Waals surface area contributed by atoms with E-state index in [0.29, 0.717) is 5.00 Å². The van der Waals surface area contributed by atoms with Crippen molar-refractivity contribution >= 4 is 32.2 Å². The Bertz CT molecular complexity index is 518. The summed E-state index contributed by atoms with van der Waals surface area (Å²) in [4.78, 5) is 2.20. The maximum atomic E-state index is 11.7. The average Bonchev–Trinajstić information content (AvgIpc) is 2.71. The SMILES string of the molecule is COC1CCN(c2snc(N)c2S(C)(=O)=O)CC1. The van der Waals surface area contributed by atoms with Crippen LogP contribution in [0.25, 0.3) is 0 Å². The van der Waals surface area contributed by atoms with Gasteiger partial charge in [0.05, 0.1) is 6.10 Å². The van der Waals surface area contributed by atoms with Crippen LogP contribution in [0.3, 0.4) is 0 Å². The highest BCUT2D eigenvalue weighted by Crippen LogP contribution is 2.36. The molecule has 1 aromatic rings. The van der Waals surface area contributed by atoms with Gasteiger partial charge in [0.1, 0.15) is 9.90 Å². The molecule has 2 rings (SSSR count). The van der Waals surface area contributed by atoms with Crippen LogP contribution in [0.4, 0.5) is 10.8 Å². The van der Waals surface area contributed by atoms with Crippen molar-refractivity contribution in [1.29, 1.82) is 0 Å². The predicted molar refractivity (Wildman–Crippen MR) is 71.9 cm³/mol. The summed E-state index contributed by atoms with van der Waals surface area (Å²) >= 11 is 1.15. The molecule has 0 spiro atoms. The Morgan fingerprint density at radius 3 is 2.56 bits per heavy atom. The lowest BCUT2D eigenvalue weighted by Gasteiger charge is -2.32. The van der Waals surface area contributed by atoms with Gasteiger partial charge in [-0.3, -0.25) is 0 Å². The van der Waals surface area contributed by atoms with Crippen LogP contribution in [0.15, 0.2) is 4.90 Å². The first kappa shape index (κ1) is 13.6. The van der Waals surface area contributed by atoms with Gasteiger partial charge < -0.3 is 15.4 Å². The monoisotopic (exact) mass is 291 g/mol. The summed E-state index contributed by atoms with van der Waals surface area (Å²) in [5.74, 6) is 0.103. The maximum absolute atomic E-state index is 11.7. The van der Waals surface area contributed by atoms with Crippen LogP contribution in [0, 0.1) is 0 Å². The van der Waals surface area contributed by atoms with Gasteiger partial charge in [0, 0.05) is 26.5 Å². The number of nitrogens with two attached hydrogens (primary N) is 1. The Hall–Kier alpha value is -0.860. The first-order valence-electron chi connectivity index (χ1n) is 5.66. The van der Waals surface area contributed by atoms with Crippen molar-refractivity contribution < 1.29 is 13.2 Å². The van der Waals surface area contributed by atoms with E-state index in [2.05, 4.69) is 4.37 Å². The Balaban J connectivity index is 2.25. The van der Waals surface area contributed by atoms with Gasteiger partial charge in [0.15, 0.2) is 15.7 Å². The number of sulfone groups is 1. The van der Waals surface area contributed by atoms with Gasteiger partial charge in [-0.15, -0.1) is 0 Å². The zero-order valence-corrected chi connectivity index (χ0v) is 12.1. The number of nitrogen functional groups attached to an aromatic ring is 1. The van der Waals surface area contributed by atoms with Crippen molar-refractivity contribution in [2.75, 3.05) is 37.1 Å². The van der Waals surface area contributed by atoms with Gasteiger partial charge >= 0.3 is 0 Å². The van der Waals surface area contributed by atoms with Crippen LogP contribution < -0.4 is 10.6 Å². The summed E-state index contributed by atoms with van der Waals surface area (Å²) in [7, 11) is -1.64. The summed E-state index contributed by atoms with van der Waals surface area (Å²) in [6.45, 7) is 1.53. The fraction of sp³-hybridized carbons (Fsp3) is 0.700. The van der Waals surface area contributed by atoms with Crippen LogP contribution in [-0.2, 0) is 14.6 Å². The van der Waals surface area contributed by atoms with Crippen LogP contribution in [0.1, 0.15) is 12.8 Å². The number of methoxy groups -OCH3 is 1. The number of aromatic nitrogens is 1. The van der Waals surface area contributed by atoms with Gasteiger partial charge in [-0.2, -0.15) is 4.37 Å². The molecular weight excluding hydrogens is 274 g/mol. The summed E-state index contributed by atoms with van der Waals surface area (Å²) < 4.78 is 32.7. The average molecular weight is 291 g/mol. The second-order valence-electron chi connectivity index (χ2n) is 4.40. The van der Waals surface area contributed by atoms with E-state index < -0.39 is 9.84 Å². The highest BCUT2D eigenvalue weighted by Gasteiger charge is 2.28. The van der Waals surface area contributed by atoms with E-state index in [1.54, 1.807) is 7.11 Å². The molecule has 2 N–H and O–H groups in total. The van der Waals surface area contributed by atoms with Crippen LogP contribution >= 0.6 is 11.5 Å². The van der Waals surface area contributed by atoms with Gasteiger partial charge in [0.25, 0.3) is 0 Å². The number of hydrogen-bond acceptors (Lipinski definition) is 7. The number of piperidine rings is 1. The van der Waals surface area contributed by atoms with E-state index in [4.69, 9.17) is 10.5 Å². The Morgan fingerprint density at radius 2 is 2.06 bits per heavy atom. The van der Waals surface area contributed by atoms with E-state index in [1.165, 1.54) is 6.26 Å². The second-order valence-corrected chi connectivity index (χ2v) is 7.10. The summed E-state index contributed by atoms with van der Waals surface area (Å²) in [6, 6.07) is 0. The van der Waals surface area contributed by atoms with Gasteiger partial charge in [0.2, 0.25) is 0 Å². The van der Waals surface area contributed by atoms with Crippen molar-refractivity contribution in [1.82, 2.24) is 4.37 Å². The Labute approximate surface area is 111 Å². The molecule has 0 atom stereocenters. The Kier molecular flexibility index (Phi) is 3.79. The zero-order chi connectivity index (χ0) is 13.3. The van der Waals surface area contributed by atoms with Crippen molar-refractivity contribution in [3.05, 3.63) is 0 Å². The number of anilines is 2. The molecule has 1 aliphatic rings. The van der Waals surface area contributed by atoms with E-state index >= 15 is 0 Å². The summed E-state index contributed by atoms with van der Waals surface area (Å²) in [6.07, 6.45) is 3.20. The van der Waals surface area contributed by atoms with Crippen LogP contribution in [0.5, 0.6) is 0 Å². The molecule has 2 heterocycles. The minimum atomic E-state index is -3.34. The summed E-state index contributed by atoms with van der Waals surface area (Å²) in [5, 5.41) is 0.657. The molecule has 1 aromatic heterocycles. The minimum Gasteiger partial charge on any atom is -0.382 e. The molecule has 8 heteroatoms. The topological polar surface area (TPSA) is 85.5 Å². The number of nitrogens with zero attached hydrogens (tertiary/aromatic N) is 2. The first-order valence-corrected chi connectivity index (χ1v) is 8.33. The lowest BCUT2D eigenvalue weighted by Crippen LogP contribution is -2.36.